The van der Waals surface area contributed by atoms with Crippen LogP contribution in [0.1, 0.15) is 25.7 Å². The number of ether oxygens (including phenoxy) is 1. The molecule has 146 valence electrons. The van der Waals surface area contributed by atoms with Crippen LogP contribution in [0.4, 0.5) is 0 Å². The van der Waals surface area contributed by atoms with Crippen LogP contribution in [0.3, 0.4) is 0 Å². The first-order valence-corrected chi connectivity index (χ1v) is 11.3. The average molecular weight is 389 g/mol. The molecule has 0 aromatic heterocycles. The van der Waals surface area contributed by atoms with Crippen molar-refractivity contribution in [2.75, 3.05) is 33.3 Å². The number of hydrogen-bond acceptors (Lipinski definition) is 4. The maximum Gasteiger partial charge on any atom is 0.243 e. The lowest BCUT2D eigenvalue weighted by molar-refractivity contribution is 0.0190. The Morgan fingerprint density at radius 3 is 2.26 bits per heavy atom. The molecule has 2 aliphatic heterocycles. The monoisotopic (exact) mass is 388 g/mol. The minimum Gasteiger partial charge on any atom is -0.381 e. The van der Waals surface area contributed by atoms with Crippen molar-refractivity contribution in [3.8, 4) is 0 Å². The molecule has 2 fully saturated rings. The molecule has 2 aliphatic rings. The summed E-state index contributed by atoms with van der Waals surface area (Å²) in [6.07, 6.45) is 4.34. The fraction of sp³-hybridized carbons (Fsp3) is 0.524. The lowest BCUT2D eigenvalue weighted by Crippen LogP contribution is -2.49. The topological polar surface area (TPSA) is 49.9 Å². The van der Waals surface area contributed by atoms with E-state index in [1.807, 2.05) is 36.4 Å². The Morgan fingerprint density at radius 2 is 1.56 bits per heavy atom. The molecule has 0 N–H and O–H groups in total. The van der Waals surface area contributed by atoms with Gasteiger partial charge >= 0.3 is 0 Å². The number of methoxy groups -OCH3 is 1. The van der Waals surface area contributed by atoms with Gasteiger partial charge in [0, 0.05) is 44.7 Å². The summed E-state index contributed by atoms with van der Waals surface area (Å²) in [5.74, 6) is 0. The van der Waals surface area contributed by atoms with Crippen molar-refractivity contribution < 1.29 is 13.2 Å². The van der Waals surface area contributed by atoms with Crippen molar-refractivity contribution in [3.63, 3.8) is 0 Å². The minimum absolute atomic E-state index is 0.382. The van der Waals surface area contributed by atoms with Crippen LogP contribution in [-0.4, -0.2) is 63.1 Å². The standard InChI is InChI=1S/C21H28N2O3S/c1-26-19-11-13-22(14-12-19)18-9-15-23(16-10-18)27(24,25)21-8-4-6-17-5-2-3-7-20(17)21/h2-8,18-19H,9-16H2,1H3. The summed E-state index contributed by atoms with van der Waals surface area (Å²) < 4.78 is 33.7. The lowest BCUT2D eigenvalue weighted by Gasteiger charge is -2.41. The zero-order valence-corrected chi connectivity index (χ0v) is 16.7. The molecule has 2 saturated heterocycles. The predicted molar refractivity (Wildman–Crippen MR) is 107 cm³/mol. The highest BCUT2D eigenvalue weighted by Crippen LogP contribution is 2.29. The van der Waals surface area contributed by atoms with E-state index in [1.165, 1.54) is 0 Å². The van der Waals surface area contributed by atoms with E-state index in [-0.39, 0.29) is 0 Å². The van der Waals surface area contributed by atoms with E-state index in [4.69, 9.17) is 4.74 Å². The van der Waals surface area contributed by atoms with E-state index in [0.717, 1.165) is 49.5 Å². The van der Waals surface area contributed by atoms with E-state index in [9.17, 15) is 8.42 Å². The second-order valence-corrected chi connectivity index (χ2v) is 9.49. The van der Waals surface area contributed by atoms with Gasteiger partial charge in [-0.3, -0.25) is 0 Å². The third kappa shape index (κ3) is 3.76. The van der Waals surface area contributed by atoms with Gasteiger partial charge in [0.1, 0.15) is 0 Å². The van der Waals surface area contributed by atoms with Crippen LogP contribution in [0.25, 0.3) is 10.8 Å². The van der Waals surface area contributed by atoms with Crippen LogP contribution in [0.2, 0.25) is 0 Å². The molecule has 4 rings (SSSR count). The van der Waals surface area contributed by atoms with E-state index in [1.54, 1.807) is 17.5 Å². The molecule has 0 radical (unpaired) electrons. The summed E-state index contributed by atoms with van der Waals surface area (Å²) in [4.78, 5) is 2.96. The molecule has 27 heavy (non-hydrogen) atoms. The van der Waals surface area contributed by atoms with Crippen LogP contribution >= 0.6 is 0 Å². The van der Waals surface area contributed by atoms with Crippen molar-refractivity contribution in [1.82, 2.24) is 9.21 Å². The van der Waals surface area contributed by atoms with Crippen LogP contribution in [0.5, 0.6) is 0 Å². The fourth-order valence-corrected chi connectivity index (χ4v) is 6.17. The van der Waals surface area contributed by atoms with Crippen LogP contribution in [0, 0.1) is 0 Å². The van der Waals surface area contributed by atoms with Gasteiger partial charge in [0.05, 0.1) is 11.0 Å². The first kappa shape index (κ1) is 18.9. The van der Waals surface area contributed by atoms with E-state index >= 15 is 0 Å². The van der Waals surface area contributed by atoms with Crippen molar-refractivity contribution >= 4 is 20.8 Å². The van der Waals surface area contributed by atoms with Crippen molar-refractivity contribution in [2.45, 2.75) is 42.7 Å². The number of fused-ring (bicyclic) bond motifs is 1. The first-order chi connectivity index (χ1) is 13.1. The average Bonchev–Trinajstić information content (AvgIpc) is 2.73. The third-order valence-corrected chi connectivity index (χ3v) is 8.07. The SMILES string of the molecule is COC1CCN(C2CCN(S(=O)(=O)c3cccc4ccccc34)CC2)CC1. The molecule has 2 aromatic rings. The van der Waals surface area contributed by atoms with Crippen LogP contribution < -0.4 is 0 Å². The van der Waals surface area contributed by atoms with Gasteiger partial charge in [0.15, 0.2) is 0 Å². The normalized spacial score (nSPS) is 21.7. The Hall–Kier alpha value is -1.47. The van der Waals surface area contributed by atoms with Gasteiger partial charge in [0.2, 0.25) is 10.0 Å². The van der Waals surface area contributed by atoms with Gasteiger partial charge in [-0.25, -0.2) is 8.42 Å². The van der Waals surface area contributed by atoms with Gasteiger partial charge in [0.25, 0.3) is 0 Å². The van der Waals surface area contributed by atoms with Gasteiger partial charge in [-0.2, -0.15) is 4.31 Å². The zero-order valence-electron chi connectivity index (χ0n) is 15.9. The summed E-state index contributed by atoms with van der Waals surface area (Å²) in [7, 11) is -1.67. The molecular weight excluding hydrogens is 360 g/mol. The molecule has 2 aromatic carbocycles. The Kier molecular flexibility index (Phi) is 5.50. The summed E-state index contributed by atoms with van der Waals surface area (Å²) in [5.41, 5.74) is 0. The lowest BCUT2D eigenvalue weighted by atomic mass is 10.00. The zero-order chi connectivity index (χ0) is 18.9. The molecule has 0 saturated carbocycles. The van der Waals surface area contributed by atoms with Gasteiger partial charge < -0.3 is 9.64 Å². The molecule has 0 amide bonds. The predicted octanol–water partition coefficient (Wildman–Crippen LogP) is 3.10. The second kappa shape index (κ2) is 7.87. The number of piperidine rings is 2. The molecular formula is C21H28N2O3S. The molecule has 6 heteroatoms. The Bertz CT molecular complexity index is 878. The van der Waals surface area contributed by atoms with E-state index in [2.05, 4.69) is 4.90 Å². The van der Waals surface area contributed by atoms with Gasteiger partial charge in [-0.15, -0.1) is 0 Å². The minimum atomic E-state index is -3.46. The van der Waals surface area contributed by atoms with Crippen molar-refractivity contribution in [2.24, 2.45) is 0 Å². The second-order valence-electron chi connectivity index (χ2n) is 7.58. The maximum atomic E-state index is 13.3. The third-order valence-electron chi connectivity index (χ3n) is 6.12. The van der Waals surface area contributed by atoms with Crippen LogP contribution in [0.15, 0.2) is 47.4 Å². The summed E-state index contributed by atoms with van der Waals surface area (Å²) in [6.45, 7) is 3.30. The highest BCUT2D eigenvalue weighted by atomic mass is 32.2. The van der Waals surface area contributed by atoms with Crippen molar-refractivity contribution in [3.05, 3.63) is 42.5 Å². The molecule has 0 atom stereocenters. The van der Waals surface area contributed by atoms with Gasteiger partial charge in [-0.05, 0) is 37.1 Å². The summed E-state index contributed by atoms with van der Waals surface area (Å²) >= 11 is 0. The number of likely N-dealkylation sites (tertiary alicyclic amines) is 1. The molecule has 0 bridgehead atoms. The summed E-state index contributed by atoms with van der Waals surface area (Å²) in [6, 6.07) is 13.7. The number of sulfonamides is 1. The number of hydrogen-bond donors (Lipinski definition) is 0. The van der Waals surface area contributed by atoms with E-state index < -0.39 is 10.0 Å². The summed E-state index contributed by atoms with van der Waals surface area (Å²) in [5, 5.41) is 1.78. The molecule has 5 nitrogen and oxygen atoms in total. The molecule has 0 unspecified atom stereocenters. The largest absolute Gasteiger partial charge is 0.381 e. The maximum absolute atomic E-state index is 13.3. The number of nitrogens with zero attached hydrogens (tertiary/aromatic N) is 2. The van der Waals surface area contributed by atoms with Gasteiger partial charge in [-0.1, -0.05) is 36.4 Å². The van der Waals surface area contributed by atoms with Crippen molar-refractivity contribution in [1.29, 1.82) is 0 Å². The van der Waals surface area contributed by atoms with E-state index in [0.29, 0.717) is 30.1 Å². The Morgan fingerprint density at radius 1 is 0.889 bits per heavy atom. The Balaban J connectivity index is 1.46. The number of benzene rings is 2. The highest BCUT2D eigenvalue weighted by molar-refractivity contribution is 7.89. The molecule has 0 aliphatic carbocycles. The fourth-order valence-electron chi connectivity index (χ4n) is 4.48. The first-order valence-electron chi connectivity index (χ1n) is 9.84. The quantitative estimate of drug-likeness (QED) is 0.808. The number of rotatable bonds is 4. The van der Waals surface area contributed by atoms with Crippen LogP contribution in [-0.2, 0) is 14.8 Å². The smallest absolute Gasteiger partial charge is 0.243 e. The molecule has 2 heterocycles. The Labute approximate surface area is 162 Å². The highest BCUT2D eigenvalue weighted by Gasteiger charge is 2.33. The molecule has 0 spiro atoms.